The first-order valence-corrected chi connectivity index (χ1v) is 12.3. The van der Waals surface area contributed by atoms with Crippen LogP contribution in [0.3, 0.4) is 0 Å². The smallest absolute Gasteiger partial charge is 0.253 e. The molecule has 0 aliphatic carbocycles. The van der Waals surface area contributed by atoms with Crippen molar-refractivity contribution < 1.29 is 24.9 Å². The van der Waals surface area contributed by atoms with Crippen LogP contribution in [0.5, 0.6) is 5.75 Å². The van der Waals surface area contributed by atoms with E-state index < -0.39 is 24.5 Å². The predicted molar refractivity (Wildman–Crippen MR) is 126 cm³/mol. The molecule has 2 aliphatic heterocycles. The van der Waals surface area contributed by atoms with Crippen molar-refractivity contribution in [1.82, 2.24) is 9.80 Å². The topological polar surface area (TPSA) is 127 Å². The second-order valence-corrected chi connectivity index (χ2v) is 9.56. The minimum atomic E-state index is -1.37. The number of piperidine rings is 1. The number of aliphatic hydroxyl groups is 2. The Balaban J connectivity index is 1.68. The molecule has 2 amide bonds. The van der Waals surface area contributed by atoms with Gasteiger partial charge in [-0.15, -0.1) is 0 Å². The van der Waals surface area contributed by atoms with Gasteiger partial charge in [-0.2, -0.15) is 0 Å². The van der Waals surface area contributed by atoms with E-state index in [0.717, 1.165) is 50.6 Å². The molecule has 2 heterocycles. The average molecular weight is 462 g/mol. The van der Waals surface area contributed by atoms with Crippen molar-refractivity contribution in [2.24, 2.45) is 11.7 Å². The monoisotopic (exact) mass is 461 g/mol. The lowest BCUT2D eigenvalue weighted by atomic mass is 9.83. The van der Waals surface area contributed by atoms with E-state index in [0.29, 0.717) is 31.1 Å². The normalized spacial score (nSPS) is 23.6. The highest BCUT2D eigenvalue weighted by Crippen LogP contribution is 2.45. The number of hydrogen-bond donors (Lipinski definition) is 4. The summed E-state index contributed by atoms with van der Waals surface area (Å²) in [5.74, 6) is -0.496. The molecule has 0 aromatic heterocycles. The fourth-order valence-electron chi connectivity index (χ4n) is 5.66. The van der Waals surface area contributed by atoms with Gasteiger partial charge >= 0.3 is 0 Å². The Morgan fingerprint density at radius 3 is 2.36 bits per heavy atom. The molecule has 2 saturated heterocycles. The second-order valence-electron chi connectivity index (χ2n) is 9.56. The summed E-state index contributed by atoms with van der Waals surface area (Å²) in [5, 5.41) is 29.8. The zero-order chi connectivity index (χ0) is 24.1. The molecule has 1 aromatic carbocycles. The molecule has 184 valence electrons. The van der Waals surface area contributed by atoms with Gasteiger partial charge < -0.3 is 26.0 Å². The molecule has 3 atom stereocenters. The van der Waals surface area contributed by atoms with Crippen LogP contribution in [0.2, 0.25) is 0 Å². The number of benzene rings is 1. The third-order valence-electron chi connectivity index (χ3n) is 7.69. The molecule has 0 radical (unpaired) electrons. The molecule has 2 aliphatic rings. The Hall–Kier alpha value is -2.16. The van der Waals surface area contributed by atoms with Gasteiger partial charge in [-0.05, 0) is 49.1 Å². The Kier molecular flexibility index (Phi) is 8.73. The number of para-hydroxylation sites is 1. The summed E-state index contributed by atoms with van der Waals surface area (Å²) in [6.45, 7) is 5.47. The molecule has 33 heavy (non-hydrogen) atoms. The average Bonchev–Trinajstić information content (AvgIpc) is 3.05. The van der Waals surface area contributed by atoms with E-state index in [2.05, 4.69) is 18.7 Å². The van der Waals surface area contributed by atoms with E-state index in [1.54, 1.807) is 17.0 Å². The van der Waals surface area contributed by atoms with Gasteiger partial charge in [0.2, 0.25) is 0 Å². The number of rotatable bonds is 11. The van der Waals surface area contributed by atoms with Crippen molar-refractivity contribution in [2.45, 2.75) is 76.5 Å². The summed E-state index contributed by atoms with van der Waals surface area (Å²) in [5.41, 5.74) is 6.37. The molecule has 8 nitrogen and oxygen atoms in total. The summed E-state index contributed by atoms with van der Waals surface area (Å²) in [4.78, 5) is 28.5. The number of fused-ring (bicyclic) bond motifs is 2. The van der Waals surface area contributed by atoms with Crippen LogP contribution < -0.4 is 5.73 Å². The van der Waals surface area contributed by atoms with Gasteiger partial charge in [0.25, 0.3) is 11.8 Å². The highest BCUT2D eigenvalue weighted by molar-refractivity contribution is 5.96. The van der Waals surface area contributed by atoms with Gasteiger partial charge in [-0.3, -0.25) is 14.5 Å². The number of nitrogens with zero attached hydrogens (tertiary/aromatic N) is 2. The molecule has 0 spiro atoms. The lowest BCUT2D eigenvalue weighted by Crippen LogP contribution is -2.50. The van der Waals surface area contributed by atoms with E-state index in [-0.39, 0.29) is 17.2 Å². The Morgan fingerprint density at radius 1 is 1.18 bits per heavy atom. The van der Waals surface area contributed by atoms with Crippen LogP contribution in [0.4, 0.5) is 0 Å². The predicted octanol–water partition coefficient (Wildman–Crippen LogP) is 1.82. The van der Waals surface area contributed by atoms with Gasteiger partial charge in [0.1, 0.15) is 5.75 Å². The largest absolute Gasteiger partial charge is 0.507 e. The summed E-state index contributed by atoms with van der Waals surface area (Å²) >= 11 is 0. The number of carbonyl (C=O) groups excluding carboxylic acids is 2. The van der Waals surface area contributed by atoms with Gasteiger partial charge in [0.05, 0.1) is 12.2 Å². The van der Waals surface area contributed by atoms with E-state index >= 15 is 0 Å². The number of hydrogen-bond acceptors (Lipinski definition) is 6. The number of aliphatic hydroxyl groups excluding tert-OH is 2. The van der Waals surface area contributed by atoms with Gasteiger partial charge in [0.15, 0.2) is 6.10 Å². The van der Waals surface area contributed by atoms with Crippen LogP contribution in [-0.4, -0.2) is 81.4 Å². The first-order valence-electron chi connectivity index (χ1n) is 12.3. The summed E-state index contributed by atoms with van der Waals surface area (Å²) in [6.07, 6.45) is 4.44. The van der Waals surface area contributed by atoms with Crippen LogP contribution in [0.25, 0.3) is 0 Å². The number of carbonyl (C=O) groups is 2. The molecular weight excluding hydrogens is 422 g/mol. The molecule has 1 aromatic rings. The van der Waals surface area contributed by atoms with Crippen molar-refractivity contribution in [3.63, 3.8) is 0 Å². The number of aromatic hydroxyl groups is 1. The highest BCUT2D eigenvalue weighted by Gasteiger charge is 2.42. The number of primary amides is 1. The van der Waals surface area contributed by atoms with E-state index in [1.807, 2.05) is 6.07 Å². The molecule has 3 rings (SSSR count). The van der Waals surface area contributed by atoms with E-state index in [1.165, 1.54) is 0 Å². The maximum absolute atomic E-state index is 12.7. The fourth-order valence-corrected chi connectivity index (χ4v) is 5.66. The van der Waals surface area contributed by atoms with Crippen molar-refractivity contribution >= 4 is 11.8 Å². The molecule has 5 N–H and O–H groups in total. The van der Waals surface area contributed by atoms with Crippen LogP contribution in [0, 0.1) is 5.92 Å². The van der Waals surface area contributed by atoms with Crippen molar-refractivity contribution in [3.8, 4) is 5.75 Å². The SMILES string of the molecule is CCC(CC)CN(CCN1[C@H]2CC[C@H]1CC(c1cccc(C(N)=O)c1O)C2)C(=O)[C@@H](O)CO. The van der Waals surface area contributed by atoms with Gasteiger partial charge in [0, 0.05) is 31.7 Å². The summed E-state index contributed by atoms with van der Waals surface area (Å²) in [7, 11) is 0. The molecule has 2 fully saturated rings. The van der Waals surface area contributed by atoms with Crippen molar-refractivity contribution in [1.29, 1.82) is 0 Å². The van der Waals surface area contributed by atoms with Crippen molar-refractivity contribution in [2.75, 3.05) is 26.2 Å². The Labute approximate surface area is 196 Å². The lowest BCUT2D eigenvalue weighted by molar-refractivity contribution is -0.143. The van der Waals surface area contributed by atoms with Crippen molar-refractivity contribution in [3.05, 3.63) is 29.3 Å². The summed E-state index contributed by atoms with van der Waals surface area (Å²) < 4.78 is 0. The Bertz CT molecular complexity index is 814. The summed E-state index contributed by atoms with van der Waals surface area (Å²) in [6, 6.07) is 5.90. The second kappa shape index (κ2) is 11.3. The molecule has 2 bridgehead atoms. The number of nitrogens with two attached hydrogens (primary N) is 1. The molecule has 0 unspecified atom stereocenters. The van der Waals surface area contributed by atoms with E-state index in [9.17, 15) is 24.9 Å². The lowest BCUT2D eigenvalue weighted by Gasteiger charge is -2.40. The third kappa shape index (κ3) is 5.67. The van der Waals surface area contributed by atoms with E-state index in [4.69, 9.17) is 5.73 Å². The quantitative estimate of drug-likeness (QED) is 0.398. The van der Waals surface area contributed by atoms with Crippen LogP contribution in [0.1, 0.15) is 74.2 Å². The minimum absolute atomic E-state index is 0.00258. The maximum Gasteiger partial charge on any atom is 0.253 e. The molecule has 8 heteroatoms. The Morgan fingerprint density at radius 2 is 1.82 bits per heavy atom. The van der Waals surface area contributed by atoms with Crippen LogP contribution in [-0.2, 0) is 4.79 Å². The zero-order valence-electron chi connectivity index (χ0n) is 19.8. The standard InChI is InChI=1S/C25H39N3O5/c1-3-16(4-2)14-27(25(33)22(30)15-29)10-11-28-18-8-9-19(28)13-17(12-18)20-6-5-7-21(23(20)31)24(26)32/h5-7,16-19,22,29-31H,3-4,8-15H2,1-2H3,(H2,26,32)/t18-,19-,22-/m0/s1. The number of phenols is 1. The maximum atomic E-state index is 12.7. The van der Waals surface area contributed by atoms with Crippen LogP contribution >= 0.6 is 0 Å². The first-order chi connectivity index (χ1) is 15.8. The van der Waals surface area contributed by atoms with Crippen LogP contribution in [0.15, 0.2) is 18.2 Å². The number of amides is 2. The molecular formula is C25H39N3O5. The van der Waals surface area contributed by atoms with Gasteiger partial charge in [-0.1, -0.05) is 38.8 Å². The molecule has 0 saturated carbocycles. The fraction of sp³-hybridized carbons (Fsp3) is 0.680. The van der Waals surface area contributed by atoms with Gasteiger partial charge in [-0.25, -0.2) is 0 Å². The highest BCUT2D eigenvalue weighted by atomic mass is 16.3. The first kappa shape index (κ1) is 25.5. The minimum Gasteiger partial charge on any atom is -0.507 e. The third-order valence-corrected chi connectivity index (χ3v) is 7.69. The zero-order valence-corrected chi connectivity index (χ0v) is 19.8.